The molecule has 2 aromatic rings. The molecule has 0 spiro atoms. The number of ether oxygens (including phenoxy) is 1. The maximum atomic E-state index is 13.1. The van der Waals surface area contributed by atoms with Crippen LogP contribution >= 0.6 is 11.3 Å². The fourth-order valence-corrected chi connectivity index (χ4v) is 2.18. The summed E-state index contributed by atoms with van der Waals surface area (Å²) in [7, 11) is 1.51. The van der Waals surface area contributed by atoms with E-state index in [-0.39, 0.29) is 10.9 Å². The monoisotopic (exact) mass is 239 g/mol. The first-order valence-corrected chi connectivity index (χ1v) is 5.43. The first-order chi connectivity index (χ1) is 7.61. The summed E-state index contributed by atoms with van der Waals surface area (Å²) >= 11 is 1.10. The molecule has 0 fully saturated rings. The molecule has 3 nitrogen and oxygen atoms in total. The molecule has 0 amide bonds. The van der Waals surface area contributed by atoms with Crippen LogP contribution in [0, 0.1) is 12.7 Å². The molecule has 0 saturated heterocycles. The van der Waals surface area contributed by atoms with E-state index in [2.05, 4.69) is 4.98 Å². The zero-order valence-corrected chi connectivity index (χ0v) is 9.64. The van der Waals surface area contributed by atoms with Crippen molar-refractivity contribution in [1.82, 2.24) is 4.98 Å². The second-order valence-electron chi connectivity index (χ2n) is 3.25. The number of aryl methyl sites for hydroxylation is 1. The standard InChI is InChI=1S/C11H10FNO2S/c1-6-11(14)16-10(13-6)8-5-7(12)3-4-9(8)15-2/h3-5,14H,1-2H3. The lowest BCUT2D eigenvalue weighted by Crippen LogP contribution is -1.88. The van der Waals surface area contributed by atoms with Crippen LogP contribution < -0.4 is 4.74 Å². The summed E-state index contributed by atoms with van der Waals surface area (Å²) in [5.74, 6) is 0.179. The normalized spacial score (nSPS) is 10.4. The Morgan fingerprint density at radius 2 is 2.19 bits per heavy atom. The lowest BCUT2D eigenvalue weighted by Gasteiger charge is -2.05. The molecule has 1 aromatic carbocycles. The second-order valence-corrected chi connectivity index (χ2v) is 4.23. The Morgan fingerprint density at radius 1 is 1.44 bits per heavy atom. The quantitative estimate of drug-likeness (QED) is 0.876. The topological polar surface area (TPSA) is 42.4 Å². The number of nitrogens with zero attached hydrogens (tertiary/aromatic N) is 1. The van der Waals surface area contributed by atoms with Gasteiger partial charge in [-0.25, -0.2) is 9.37 Å². The Balaban J connectivity index is 2.57. The minimum atomic E-state index is -0.358. The highest BCUT2D eigenvalue weighted by Gasteiger charge is 2.13. The zero-order valence-electron chi connectivity index (χ0n) is 8.82. The van der Waals surface area contributed by atoms with Gasteiger partial charge in [0.2, 0.25) is 0 Å². The highest BCUT2D eigenvalue weighted by atomic mass is 32.1. The molecule has 1 N–H and O–H groups in total. The fourth-order valence-electron chi connectivity index (χ4n) is 1.35. The Morgan fingerprint density at radius 3 is 2.75 bits per heavy atom. The largest absolute Gasteiger partial charge is 0.498 e. The summed E-state index contributed by atoms with van der Waals surface area (Å²) in [5.41, 5.74) is 1.09. The van der Waals surface area contributed by atoms with E-state index in [1.807, 2.05) is 0 Å². The minimum Gasteiger partial charge on any atom is -0.498 e. The summed E-state index contributed by atoms with van der Waals surface area (Å²) in [4.78, 5) is 4.15. The van der Waals surface area contributed by atoms with E-state index < -0.39 is 0 Å². The van der Waals surface area contributed by atoms with Crippen molar-refractivity contribution in [3.63, 3.8) is 0 Å². The molecule has 0 saturated carbocycles. The van der Waals surface area contributed by atoms with E-state index in [4.69, 9.17) is 4.74 Å². The van der Waals surface area contributed by atoms with E-state index in [0.717, 1.165) is 11.3 Å². The molecule has 16 heavy (non-hydrogen) atoms. The molecule has 0 radical (unpaired) electrons. The van der Waals surface area contributed by atoms with Gasteiger partial charge in [0.15, 0.2) is 5.06 Å². The van der Waals surface area contributed by atoms with Gasteiger partial charge in [-0.3, -0.25) is 0 Å². The highest BCUT2D eigenvalue weighted by Crippen LogP contribution is 2.37. The second kappa shape index (κ2) is 4.09. The summed E-state index contributed by atoms with van der Waals surface area (Å²) in [6.45, 7) is 1.70. The van der Waals surface area contributed by atoms with Crippen LogP contribution in [0.25, 0.3) is 10.6 Å². The van der Waals surface area contributed by atoms with Gasteiger partial charge in [0.25, 0.3) is 0 Å². The number of hydrogen-bond acceptors (Lipinski definition) is 4. The highest BCUT2D eigenvalue weighted by molar-refractivity contribution is 7.16. The fraction of sp³-hybridized carbons (Fsp3) is 0.182. The number of aromatic nitrogens is 1. The van der Waals surface area contributed by atoms with Crippen molar-refractivity contribution in [1.29, 1.82) is 0 Å². The maximum Gasteiger partial charge on any atom is 0.195 e. The van der Waals surface area contributed by atoms with Crippen LogP contribution in [-0.2, 0) is 0 Å². The number of benzene rings is 1. The van der Waals surface area contributed by atoms with E-state index in [9.17, 15) is 9.50 Å². The van der Waals surface area contributed by atoms with Crippen molar-refractivity contribution in [2.75, 3.05) is 7.11 Å². The first-order valence-electron chi connectivity index (χ1n) is 4.62. The lowest BCUT2D eigenvalue weighted by atomic mass is 10.2. The molecule has 1 heterocycles. The van der Waals surface area contributed by atoms with Gasteiger partial charge >= 0.3 is 0 Å². The third-order valence-electron chi connectivity index (χ3n) is 2.16. The Kier molecular flexibility index (Phi) is 2.78. The molecule has 0 atom stereocenters. The van der Waals surface area contributed by atoms with Gasteiger partial charge in [-0.15, -0.1) is 0 Å². The average molecular weight is 239 g/mol. The van der Waals surface area contributed by atoms with Crippen molar-refractivity contribution in [3.05, 3.63) is 29.7 Å². The van der Waals surface area contributed by atoms with E-state index in [1.165, 1.54) is 19.2 Å². The van der Waals surface area contributed by atoms with Crippen LogP contribution in [0.3, 0.4) is 0 Å². The van der Waals surface area contributed by atoms with Crippen LogP contribution in [0.1, 0.15) is 5.69 Å². The first kappa shape index (κ1) is 10.9. The van der Waals surface area contributed by atoms with Crippen LogP contribution in [0.2, 0.25) is 0 Å². The van der Waals surface area contributed by atoms with Gasteiger partial charge in [-0.2, -0.15) is 0 Å². The van der Waals surface area contributed by atoms with Gasteiger partial charge in [0.1, 0.15) is 16.6 Å². The zero-order chi connectivity index (χ0) is 11.7. The van der Waals surface area contributed by atoms with Gasteiger partial charge in [0, 0.05) is 0 Å². The number of rotatable bonds is 2. The summed E-state index contributed by atoms with van der Waals surface area (Å²) in [5, 5.41) is 10.1. The number of halogens is 1. The van der Waals surface area contributed by atoms with Crippen molar-refractivity contribution in [2.24, 2.45) is 0 Å². The Bertz CT molecular complexity index is 505. The Hall–Kier alpha value is -1.62. The predicted octanol–water partition coefficient (Wildman–Crippen LogP) is 2.97. The van der Waals surface area contributed by atoms with Crippen LogP contribution in [0.4, 0.5) is 4.39 Å². The van der Waals surface area contributed by atoms with Crippen LogP contribution in [-0.4, -0.2) is 17.2 Å². The number of aromatic hydroxyl groups is 1. The third kappa shape index (κ3) is 1.86. The summed E-state index contributed by atoms with van der Waals surface area (Å²) < 4.78 is 18.3. The van der Waals surface area contributed by atoms with Gasteiger partial charge in [-0.05, 0) is 25.1 Å². The molecular weight excluding hydrogens is 229 g/mol. The number of methoxy groups -OCH3 is 1. The van der Waals surface area contributed by atoms with Crippen molar-refractivity contribution in [2.45, 2.75) is 6.92 Å². The van der Waals surface area contributed by atoms with Crippen molar-refractivity contribution in [3.8, 4) is 21.4 Å². The molecule has 84 valence electrons. The molecule has 0 unspecified atom stereocenters. The van der Waals surface area contributed by atoms with Crippen molar-refractivity contribution < 1.29 is 14.2 Å². The van der Waals surface area contributed by atoms with Crippen molar-refractivity contribution >= 4 is 11.3 Å². The molecule has 0 bridgehead atoms. The van der Waals surface area contributed by atoms with Gasteiger partial charge < -0.3 is 9.84 Å². The number of hydrogen-bond donors (Lipinski definition) is 1. The predicted molar refractivity (Wildman–Crippen MR) is 60.5 cm³/mol. The minimum absolute atomic E-state index is 0.140. The SMILES string of the molecule is COc1ccc(F)cc1-c1nc(C)c(O)s1. The third-order valence-corrected chi connectivity index (χ3v) is 3.16. The average Bonchev–Trinajstić information content (AvgIpc) is 2.59. The Labute approximate surface area is 96.2 Å². The van der Waals surface area contributed by atoms with E-state index >= 15 is 0 Å². The molecule has 2 rings (SSSR count). The summed E-state index contributed by atoms with van der Waals surface area (Å²) in [6.07, 6.45) is 0. The molecule has 0 aliphatic rings. The van der Waals surface area contributed by atoms with Gasteiger partial charge in [0.05, 0.1) is 18.4 Å². The smallest absolute Gasteiger partial charge is 0.195 e. The molecule has 0 aliphatic carbocycles. The van der Waals surface area contributed by atoms with E-state index in [0.29, 0.717) is 22.0 Å². The molecule has 5 heteroatoms. The maximum absolute atomic E-state index is 13.1. The van der Waals surface area contributed by atoms with Crippen LogP contribution in [0.15, 0.2) is 18.2 Å². The lowest BCUT2D eigenvalue weighted by molar-refractivity contribution is 0.415. The summed E-state index contributed by atoms with van der Waals surface area (Å²) in [6, 6.07) is 4.21. The molecular formula is C11H10FNO2S. The van der Waals surface area contributed by atoms with Gasteiger partial charge in [-0.1, -0.05) is 11.3 Å². The molecule has 1 aromatic heterocycles. The molecule has 0 aliphatic heterocycles. The number of thiazole rings is 1. The van der Waals surface area contributed by atoms with E-state index in [1.54, 1.807) is 13.0 Å². The van der Waals surface area contributed by atoms with Crippen LogP contribution in [0.5, 0.6) is 10.8 Å².